The largest absolute Gasteiger partial charge is 0.271 e. The maximum Gasteiger partial charge on any atom is 0.0766 e. The van der Waals surface area contributed by atoms with Gasteiger partial charge in [-0.1, -0.05) is 6.92 Å². The highest BCUT2D eigenvalue weighted by atomic mass is 79.9. The molecule has 0 aliphatic carbocycles. The summed E-state index contributed by atoms with van der Waals surface area (Å²) in [5.74, 6) is 7.03. The van der Waals surface area contributed by atoms with Gasteiger partial charge >= 0.3 is 0 Å². The van der Waals surface area contributed by atoms with E-state index in [9.17, 15) is 0 Å². The van der Waals surface area contributed by atoms with Crippen LogP contribution >= 0.6 is 27.7 Å². The van der Waals surface area contributed by atoms with E-state index in [1.54, 1.807) is 0 Å². The molecule has 1 aromatic rings. The molecule has 19 heavy (non-hydrogen) atoms. The van der Waals surface area contributed by atoms with E-state index >= 15 is 0 Å². The Morgan fingerprint density at radius 2 is 2.37 bits per heavy atom. The normalized spacial score (nSPS) is 20.9. The Bertz CT molecular complexity index is 415. The molecule has 6 heteroatoms. The maximum absolute atomic E-state index is 5.77. The van der Waals surface area contributed by atoms with Crippen LogP contribution in [-0.4, -0.2) is 26.8 Å². The molecular formula is C13H23BrN4S. The quantitative estimate of drug-likeness (QED) is 0.613. The Morgan fingerprint density at radius 1 is 1.58 bits per heavy atom. The minimum atomic E-state index is 0.329. The number of hydrogen-bond donors (Lipinski definition) is 2. The van der Waals surface area contributed by atoms with Gasteiger partial charge in [-0.3, -0.25) is 16.0 Å². The number of aryl methyl sites for hydroxylation is 2. The summed E-state index contributed by atoms with van der Waals surface area (Å²) in [4.78, 5) is 0. The van der Waals surface area contributed by atoms with E-state index in [-0.39, 0.29) is 0 Å². The third-order valence-corrected chi connectivity index (χ3v) is 6.17. The fourth-order valence-corrected chi connectivity index (χ4v) is 4.74. The smallest absolute Gasteiger partial charge is 0.0766 e. The third kappa shape index (κ3) is 3.35. The number of hydrazine groups is 1. The van der Waals surface area contributed by atoms with Crippen LogP contribution in [0.25, 0.3) is 0 Å². The van der Waals surface area contributed by atoms with E-state index in [2.05, 4.69) is 45.0 Å². The third-order valence-electron chi connectivity index (χ3n) is 3.74. The van der Waals surface area contributed by atoms with Crippen LogP contribution in [0.2, 0.25) is 0 Å². The maximum atomic E-state index is 5.77. The Labute approximate surface area is 128 Å². The zero-order chi connectivity index (χ0) is 13.8. The van der Waals surface area contributed by atoms with Gasteiger partial charge < -0.3 is 0 Å². The van der Waals surface area contributed by atoms with Crippen LogP contribution < -0.4 is 11.3 Å². The fraction of sp³-hybridized carbons (Fsp3) is 0.769. The molecule has 2 unspecified atom stereocenters. The van der Waals surface area contributed by atoms with Crippen LogP contribution in [0.15, 0.2) is 4.47 Å². The van der Waals surface area contributed by atoms with E-state index in [0.29, 0.717) is 11.3 Å². The number of rotatable bonds is 6. The SMILES string of the molecule is CCc1nn(CC)c(CC(NN)C2CCCS2)c1Br. The molecule has 0 radical (unpaired) electrons. The number of aromatic nitrogens is 2. The highest BCUT2D eigenvalue weighted by Gasteiger charge is 2.27. The highest BCUT2D eigenvalue weighted by molar-refractivity contribution is 9.10. The number of nitrogens with zero attached hydrogens (tertiary/aromatic N) is 2. The van der Waals surface area contributed by atoms with Crippen molar-refractivity contribution >= 4 is 27.7 Å². The number of halogens is 1. The summed E-state index contributed by atoms with van der Waals surface area (Å²) in [5, 5.41) is 5.28. The van der Waals surface area contributed by atoms with Crippen molar-refractivity contribution in [1.29, 1.82) is 0 Å². The summed E-state index contributed by atoms with van der Waals surface area (Å²) in [5.41, 5.74) is 5.43. The second-order valence-electron chi connectivity index (χ2n) is 4.91. The molecule has 2 atom stereocenters. The molecule has 1 saturated heterocycles. The van der Waals surface area contributed by atoms with Crippen LogP contribution in [0.4, 0.5) is 0 Å². The average Bonchev–Trinajstić information content (AvgIpc) is 3.04. The molecule has 1 aliphatic rings. The summed E-state index contributed by atoms with van der Waals surface area (Å²) in [6.07, 6.45) is 4.47. The van der Waals surface area contributed by atoms with Gasteiger partial charge in [0.15, 0.2) is 0 Å². The first-order chi connectivity index (χ1) is 9.21. The van der Waals surface area contributed by atoms with Crippen LogP contribution in [0.1, 0.15) is 38.1 Å². The van der Waals surface area contributed by atoms with Gasteiger partial charge in [0.25, 0.3) is 0 Å². The first-order valence-electron chi connectivity index (χ1n) is 7.03. The predicted octanol–water partition coefficient (Wildman–Crippen LogP) is 2.50. The van der Waals surface area contributed by atoms with Crippen molar-refractivity contribution in [2.45, 2.75) is 57.4 Å². The summed E-state index contributed by atoms with van der Waals surface area (Å²) in [6, 6.07) is 0.329. The second-order valence-corrected chi connectivity index (χ2v) is 7.05. The lowest BCUT2D eigenvalue weighted by molar-refractivity contribution is 0.475. The van der Waals surface area contributed by atoms with Gasteiger partial charge in [-0.15, -0.1) is 0 Å². The average molecular weight is 347 g/mol. The molecule has 4 nitrogen and oxygen atoms in total. The first kappa shape index (κ1) is 15.4. The van der Waals surface area contributed by atoms with Gasteiger partial charge in [0.2, 0.25) is 0 Å². The van der Waals surface area contributed by atoms with Crippen LogP contribution in [-0.2, 0) is 19.4 Å². The Morgan fingerprint density at radius 3 is 2.89 bits per heavy atom. The van der Waals surface area contributed by atoms with Gasteiger partial charge in [-0.05, 0) is 47.9 Å². The number of thioether (sulfide) groups is 1. The van der Waals surface area contributed by atoms with Gasteiger partial charge in [0.05, 0.1) is 15.9 Å². The van der Waals surface area contributed by atoms with E-state index in [4.69, 9.17) is 5.84 Å². The molecule has 1 fully saturated rings. The molecule has 0 aromatic carbocycles. The number of hydrogen-bond acceptors (Lipinski definition) is 4. The molecule has 108 valence electrons. The molecule has 0 spiro atoms. The van der Waals surface area contributed by atoms with E-state index < -0.39 is 0 Å². The highest BCUT2D eigenvalue weighted by Crippen LogP contribution is 2.31. The Balaban J connectivity index is 2.18. The van der Waals surface area contributed by atoms with Crippen molar-refractivity contribution in [3.63, 3.8) is 0 Å². The van der Waals surface area contributed by atoms with Crippen molar-refractivity contribution < 1.29 is 0 Å². The number of nitrogens with one attached hydrogen (secondary N) is 1. The van der Waals surface area contributed by atoms with E-state index in [0.717, 1.165) is 25.1 Å². The Hall–Kier alpha value is -0.0400. The van der Waals surface area contributed by atoms with Crippen LogP contribution in [0.3, 0.4) is 0 Å². The summed E-state index contributed by atoms with van der Waals surface area (Å²) >= 11 is 5.75. The second kappa shape index (κ2) is 7.11. The molecule has 1 aromatic heterocycles. The zero-order valence-electron chi connectivity index (χ0n) is 11.7. The van der Waals surface area contributed by atoms with Crippen molar-refractivity contribution in [1.82, 2.24) is 15.2 Å². The lowest BCUT2D eigenvalue weighted by Gasteiger charge is -2.22. The lowest BCUT2D eigenvalue weighted by Crippen LogP contribution is -2.43. The Kier molecular flexibility index (Phi) is 5.74. The first-order valence-corrected chi connectivity index (χ1v) is 8.87. The topological polar surface area (TPSA) is 55.9 Å². The van der Waals surface area contributed by atoms with Gasteiger partial charge in [0.1, 0.15) is 0 Å². The van der Waals surface area contributed by atoms with Gasteiger partial charge in [-0.25, -0.2) is 0 Å². The van der Waals surface area contributed by atoms with Crippen molar-refractivity contribution in [2.24, 2.45) is 5.84 Å². The fourth-order valence-electron chi connectivity index (χ4n) is 2.64. The molecule has 2 rings (SSSR count). The van der Waals surface area contributed by atoms with E-state index in [1.807, 2.05) is 11.8 Å². The summed E-state index contributed by atoms with van der Waals surface area (Å²) < 4.78 is 3.27. The molecular weight excluding hydrogens is 324 g/mol. The molecule has 3 N–H and O–H groups in total. The molecule has 0 amide bonds. The molecule has 1 aliphatic heterocycles. The van der Waals surface area contributed by atoms with Crippen LogP contribution in [0.5, 0.6) is 0 Å². The lowest BCUT2D eigenvalue weighted by atomic mass is 10.0. The van der Waals surface area contributed by atoms with Gasteiger partial charge in [0, 0.05) is 24.3 Å². The minimum absolute atomic E-state index is 0.329. The number of nitrogens with two attached hydrogens (primary N) is 1. The monoisotopic (exact) mass is 346 g/mol. The standard InChI is InChI=1S/C13H23BrN4S/c1-3-9-13(14)11(18(4-2)17-9)8-10(16-15)12-6-5-7-19-12/h10,12,16H,3-8,15H2,1-2H3. The zero-order valence-corrected chi connectivity index (χ0v) is 14.1. The van der Waals surface area contributed by atoms with Crippen molar-refractivity contribution in [2.75, 3.05) is 5.75 Å². The molecule has 2 heterocycles. The van der Waals surface area contributed by atoms with Crippen molar-refractivity contribution in [3.05, 3.63) is 15.9 Å². The molecule has 0 bridgehead atoms. The summed E-state index contributed by atoms with van der Waals surface area (Å²) in [7, 11) is 0. The predicted molar refractivity (Wildman–Crippen MR) is 85.3 cm³/mol. The van der Waals surface area contributed by atoms with Gasteiger partial charge in [-0.2, -0.15) is 16.9 Å². The van der Waals surface area contributed by atoms with Crippen LogP contribution in [0, 0.1) is 0 Å². The van der Waals surface area contributed by atoms with E-state index in [1.165, 1.54) is 28.8 Å². The summed E-state index contributed by atoms with van der Waals surface area (Å²) in [6.45, 7) is 5.18. The molecule has 0 saturated carbocycles. The minimum Gasteiger partial charge on any atom is -0.271 e. The van der Waals surface area contributed by atoms with Crippen molar-refractivity contribution in [3.8, 4) is 0 Å².